The van der Waals surface area contributed by atoms with Gasteiger partial charge in [-0.1, -0.05) is 37.6 Å². The van der Waals surface area contributed by atoms with E-state index in [9.17, 15) is 9.90 Å². The molecule has 174 valence electrons. The van der Waals surface area contributed by atoms with Gasteiger partial charge in [0.25, 0.3) is 0 Å². The minimum absolute atomic E-state index is 0.0951. The van der Waals surface area contributed by atoms with Gasteiger partial charge >= 0.3 is 5.97 Å². The van der Waals surface area contributed by atoms with Crippen molar-refractivity contribution in [2.45, 2.75) is 59.2 Å². The summed E-state index contributed by atoms with van der Waals surface area (Å²) in [6, 6.07) is 6.64. The zero-order chi connectivity index (χ0) is 22.6. The maximum absolute atomic E-state index is 12.9. The molecule has 32 heavy (non-hydrogen) atoms. The highest BCUT2D eigenvalue weighted by molar-refractivity contribution is 5.76. The molecule has 2 saturated heterocycles. The average molecular weight is 439 g/mol. The van der Waals surface area contributed by atoms with E-state index < -0.39 is 6.10 Å². The number of piperazine rings is 1. The summed E-state index contributed by atoms with van der Waals surface area (Å²) < 4.78 is 5.86. The first-order chi connectivity index (χ1) is 15.3. The number of hydrogen-bond acceptors (Lipinski definition) is 5. The zero-order valence-corrected chi connectivity index (χ0v) is 20.0. The Labute approximate surface area is 192 Å². The molecular weight excluding hydrogens is 400 g/mol. The van der Waals surface area contributed by atoms with E-state index in [1.54, 1.807) is 0 Å². The maximum atomic E-state index is 12.9. The van der Waals surface area contributed by atoms with Gasteiger partial charge in [-0.05, 0) is 49.8 Å². The number of benzene rings is 1. The number of aliphatic hydroxyl groups excluding tert-OH is 1. The molecule has 6 atom stereocenters. The molecule has 1 aromatic rings. The van der Waals surface area contributed by atoms with Crippen molar-refractivity contribution in [1.82, 2.24) is 4.90 Å². The number of ether oxygens (including phenoxy) is 1. The first kappa shape index (κ1) is 22.0. The summed E-state index contributed by atoms with van der Waals surface area (Å²) in [5.74, 6) is -0.000529. The van der Waals surface area contributed by atoms with E-state index in [4.69, 9.17) is 4.74 Å². The van der Waals surface area contributed by atoms with Gasteiger partial charge in [0, 0.05) is 56.2 Å². The van der Waals surface area contributed by atoms with Crippen LogP contribution in [0.15, 0.2) is 29.8 Å². The molecule has 2 aliphatic carbocycles. The van der Waals surface area contributed by atoms with E-state index in [1.165, 1.54) is 22.4 Å². The normalized spacial score (nSPS) is 37.5. The van der Waals surface area contributed by atoms with Crippen LogP contribution in [0, 0.1) is 37.0 Å². The Morgan fingerprint density at radius 1 is 1.19 bits per heavy atom. The third-order valence-electron chi connectivity index (χ3n) is 9.10. The van der Waals surface area contributed by atoms with E-state index in [2.05, 4.69) is 61.8 Å². The van der Waals surface area contributed by atoms with E-state index >= 15 is 0 Å². The topological polar surface area (TPSA) is 53.0 Å². The van der Waals surface area contributed by atoms with Gasteiger partial charge in [0.15, 0.2) is 0 Å². The van der Waals surface area contributed by atoms with E-state index in [1.807, 2.05) is 0 Å². The number of anilines is 1. The van der Waals surface area contributed by atoms with E-state index in [0.29, 0.717) is 12.5 Å². The number of fused-ring (bicyclic) bond motifs is 2. The van der Waals surface area contributed by atoms with Gasteiger partial charge < -0.3 is 14.7 Å². The van der Waals surface area contributed by atoms with Crippen LogP contribution in [0.4, 0.5) is 5.69 Å². The van der Waals surface area contributed by atoms with E-state index in [0.717, 1.165) is 45.4 Å². The Hall–Kier alpha value is -1.85. The van der Waals surface area contributed by atoms with Crippen molar-refractivity contribution in [3.63, 3.8) is 0 Å². The van der Waals surface area contributed by atoms with Crippen molar-refractivity contribution in [3.05, 3.63) is 41.0 Å². The smallest absolute Gasteiger partial charge is 0.311 e. The van der Waals surface area contributed by atoms with Gasteiger partial charge in [-0.15, -0.1) is 0 Å². The second-order valence-corrected chi connectivity index (χ2v) is 10.9. The second-order valence-electron chi connectivity index (χ2n) is 10.9. The summed E-state index contributed by atoms with van der Waals surface area (Å²) in [5.41, 5.74) is 5.01. The van der Waals surface area contributed by atoms with Crippen LogP contribution >= 0.6 is 0 Å². The van der Waals surface area contributed by atoms with Crippen LogP contribution in [0.3, 0.4) is 0 Å². The second kappa shape index (κ2) is 8.18. The van der Waals surface area contributed by atoms with Crippen molar-refractivity contribution >= 4 is 11.7 Å². The number of allylic oxidation sites excluding steroid dienone is 1. The van der Waals surface area contributed by atoms with Crippen LogP contribution in [-0.2, 0) is 9.53 Å². The molecule has 0 aromatic heterocycles. The first-order valence-corrected chi connectivity index (χ1v) is 12.4. The van der Waals surface area contributed by atoms with Crippen LogP contribution in [-0.4, -0.2) is 60.9 Å². The highest BCUT2D eigenvalue weighted by atomic mass is 16.6. The first-order valence-electron chi connectivity index (χ1n) is 12.4. The monoisotopic (exact) mass is 438 g/mol. The highest BCUT2D eigenvalue weighted by Gasteiger charge is 2.59. The molecule has 0 bridgehead atoms. The fourth-order valence-electron chi connectivity index (χ4n) is 6.78. The molecule has 0 amide bonds. The summed E-state index contributed by atoms with van der Waals surface area (Å²) in [7, 11) is 0. The number of hydrogen-bond donors (Lipinski definition) is 1. The van der Waals surface area contributed by atoms with Crippen LogP contribution in [0.1, 0.15) is 44.2 Å². The van der Waals surface area contributed by atoms with Gasteiger partial charge in [-0.25, -0.2) is 0 Å². The molecule has 4 aliphatic rings. The Bertz CT molecular complexity index is 919. The Balaban J connectivity index is 1.28. The Morgan fingerprint density at radius 2 is 1.94 bits per heavy atom. The maximum Gasteiger partial charge on any atom is 0.311 e. The molecule has 2 heterocycles. The quantitative estimate of drug-likeness (QED) is 0.576. The number of aliphatic hydroxyl groups is 1. The molecule has 5 heteroatoms. The highest BCUT2D eigenvalue weighted by Crippen LogP contribution is 2.56. The Morgan fingerprint density at radius 3 is 2.69 bits per heavy atom. The molecule has 1 N–H and O–H groups in total. The summed E-state index contributed by atoms with van der Waals surface area (Å²) in [6.45, 7) is 13.3. The molecule has 2 aliphatic heterocycles. The van der Waals surface area contributed by atoms with Gasteiger partial charge in [0.2, 0.25) is 0 Å². The Kier molecular flexibility index (Phi) is 5.61. The molecule has 1 aromatic carbocycles. The van der Waals surface area contributed by atoms with Crippen LogP contribution in [0.5, 0.6) is 0 Å². The fourth-order valence-corrected chi connectivity index (χ4v) is 6.78. The van der Waals surface area contributed by atoms with Crippen LogP contribution in [0.2, 0.25) is 0 Å². The molecule has 5 nitrogen and oxygen atoms in total. The van der Waals surface area contributed by atoms with Crippen molar-refractivity contribution < 1.29 is 14.6 Å². The SMILES string of the molecule is Cc1ccc(C)c(N2CCN(C[C@@H]3C(=O)O[C@@H]4CC5=CCC[C@H](C)[C@@]5(C)[C@H](O)[C@@H]34)CC2)c1. The number of carbonyl (C=O) groups is 1. The third kappa shape index (κ3) is 3.49. The standard InChI is InChI=1S/C27H38N2O3/c1-17-8-9-18(2)22(14-17)29-12-10-28(11-13-29)16-21-24-23(32-26(21)31)15-20-7-5-6-19(3)27(20,4)25(24)30/h7-9,14,19,21,23-25,30H,5-6,10-13,15-16H2,1-4H3/t19-,21-,23+,24-,25+,27+/m0/s1. The van der Waals surface area contributed by atoms with Gasteiger partial charge in [0.05, 0.1) is 12.0 Å². The van der Waals surface area contributed by atoms with Crippen molar-refractivity contribution in [2.75, 3.05) is 37.6 Å². The molecule has 0 radical (unpaired) electrons. The van der Waals surface area contributed by atoms with Gasteiger partial charge in [0.1, 0.15) is 6.10 Å². The minimum Gasteiger partial charge on any atom is -0.461 e. The lowest BCUT2D eigenvalue weighted by Gasteiger charge is -2.52. The molecule has 0 unspecified atom stereocenters. The lowest BCUT2D eigenvalue weighted by atomic mass is 9.55. The lowest BCUT2D eigenvalue weighted by Crippen LogP contribution is -2.55. The summed E-state index contributed by atoms with van der Waals surface area (Å²) in [4.78, 5) is 17.8. The van der Waals surface area contributed by atoms with E-state index in [-0.39, 0.29) is 29.3 Å². The molecule has 3 fully saturated rings. The molecular formula is C27H38N2O3. The van der Waals surface area contributed by atoms with Gasteiger partial charge in [-0.3, -0.25) is 9.69 Å². The van der Waals surface area contributed by atoms with Crippen LogP contribution < -0.4 is 4.90 Å². The largest absolute Gasteiger partial charge is 0.461 e. The predicted molar refractivity (Wildman–Crippen MR) is 127 cm³/mol. The zero-order valence-electron chi connectivity index (χ0n) is 20.0. The molecule has 1 saturated carbocycles. The third-order valence-corrected chi connectivity index (χ3v) is 9.10. The number of nitrogens with zero attached hydrogens (tertiary/aromatic N) is 2. The molecule has 5 rings (SSSR count). The molecule has 0 spiro atoms. The lowest BCUT2D eigenvalue weighted by molar-refractivity contribution is -0.145. The fraction of sp³-hybridized carbons (Fsp3) is 0.667. The predicted octanol–water partition coefficient (Wildman–Crippen LogP) is 3.71. The van der Waals surface area contributed by atoms with Crippen LogP contribution in [0.25, 0.3) is 0 Å². The van der Waals surface area contributed by atoms with Gasteiger partial charge in [-0.2, -0.15) is 0 Å². The van der Waals surface area contributed by atoms with Crippen molar-refractivity contribution in [3.8, 4) is 0 Å². The summed E-state index contributed by atoms with van der Waals surface area (Å²) >= 11 is 0. The number of carbonyl (C=O) groups excluding carboxylic acids is 1. The number of esters is 1. The summed E-state index contributed by atoms with van der Waals surface area (Å²) in [5, 5.41) is 11.6. The van der Waals surface area contributed by atoms with Crippen molar-refractivity contribution in [2.24, 2.45) is 23.2 Å². The number of aryl methyl sites for hydroxylation is 2. The summed E-state index contributed by atoms with van der Waals surface area (Å²) in [6.07, 6.45) is 4.59. The average Bonchev–Trinajstić information content (AvgIpc) is 3.08. The number of rotatable bonds is 3. The minimum atomic E-state index is -0.518. The van der Waals surface area contributed by atoms with Crippen molar-refractivity contribution in [1.29, 1.82) is 0 Å².